The van der Waals surface area contributed by atoms with Gasteiger partial charge in [-0.05, 0) is 55.7 Å². The third-order valence-electron chi connectivity index (χ3n) is 4.72. The number of amides is 1. The van der Waals surface area contributed by atoms with E-state index < -0.39 is 0 Å². The number of benzene rings is 2. The van der Waals surface area contributed by atoms with E-state index in [2.05, 4.69) is 27.7 Å². The van der Waals surface area contributed by atoms with Gasteiger partial charge < -0.3 is 25.0 Å². The first kappa shape index (κ1) is 18.9. The van der Waals surface area contributed by atoms with E-state index in [-0.39, 0.29) is 12.5 Å². The van der Waals surface area contributed by atoms with Crippen LogP contribution in [0.5, 0.6) is 11.5 Å². The second-order valence-corrected chi connectivity index (χ2v) is 6.56. The van der Waals surface area contributed by atoms with Crippen molar-refractivity contribution in [2.45, 2.75) is 19.3 Å². The zero-order valence-electron chi connectivity index (χ0n) is 16.0. The maximum absolute atomic E-state index is 12.3. The average molecular weight is 369 g/mol. The Bertz CT molecular complexity index is 756. The van der Waals surface area contributed by atoms with Crippen molar-refractivity contribution in [3.63, 3.8) is 0 Å². The molecule has 1 fully saturated rings. The normalized spacial score (nSPS) is 13.8. The van der Waals surface area contributed by atoms with Crippen molar-refractivity contribution >= 4 is 23.0 Å². The smallest absolute Gasteiger partial charge is 0.243 e. The summed E-state index contributed by atoms with van der Waals surface area (Å²) < 4.78 is 10.5. The Balaban J connectivity index is 1.54. The summed E-state index contributed by atoms with van der Waals surface area (Å²) in [6, 6.07) is 13.5. The highest BCUT2D eigenvalue weighted by molar-refractivity contribution is 5.95. The molecule has 0 atom stereocenters. The molecule has 0 unspecified atom stereocenters. The van der Waals surface area contributed by atoms with Gasteiger partial charge in [-0.2, -0.15) is 0 Å². The van der Waals surface area contributed by atoms with E-state index in [1.165, 1.54) is 24.9 Å². The van der Waals surface area contributed by atoms with Crippen molar-refractivity contribution in [2.24, 2.45) is 0 Å². The summed E-state index contributed by atoms with van der Waals surface area (Å²) in [5, 5.41) is 6.01. The molecule has 144 valence electrons. The number of hydrogen-bond acceptors (Lipinski definition) is 5. The van der Waals surface area contributed by atoms with E-state index in [0.717, 1.165) is 18.8 Å². The Morgan fingerprint density at radius 3 is 2.41 bits per heavy atom. The Hall–Kier alpha value is -2.89. The van der Waals surface area contributed by atoms with Crippen molar-refractivity contribution in [2.75, 3.05) is 49.4 Å². The minimum Gasteiger partial charge on any atom is -0.497 e. The summed E-state index contributed by atoms with van der Waals surface area (Å²) >= 11 is 0. The number of carbonyl (C=O) groups is 1. The molecular formula is C21H27N3O3. The summed E-state index contributed by atoms with van der Waals surface area (Å²) in [7, 11) is 3.15. The molecule has 0 aromatic heterocycles. The number of rotatable bonds is 7. The van der Waals surface area contributed by atoms with Gasteiger partial charge in [0.05, 0.1) is 26.5 Å². The van der Waals surface area contributed by atoms with Crippen LogP contribution in [0, 0.1) is 0 Å². The number of anilines is 3. The number of methoxy groups -OCH3 is 2. The topological polar surface area (TPSA) is 62.8 Å². The standard InChI is InChI=1S/C21H27N3O3/c1-26-18-10-11-20(27-2)19(14-18)23-21(25)15-22-16-6-8-17(9-7-16)24-12-4-3-5-13-24/h6-11,14,22H,3-5,12-13,15H2,1-2H3,(H,23,25). The molecule has 2 aromatic carbocycles. The first-order valence-electron chi connectivity index (χ1n) is 9.30. The first-order valence-corrected chi connectivity index (χ1v) is 9.30. The highest BCUT2D eigenvalue weighted by Gasteiger charge is 2.11. The van der Waals surface area contributed by atoms with Crippen LogP contribution in [0.25, 0.3) is 0 Å². The van der Waals surface area contributed by atoms with Crippen LogP contribution in [-0.4, -0.2) is 39.8 Å². The largest absolute Gasteiger partial charge is 0.497 e. The Kier molecular flexibility index (Phi) is 6.41. The van der Waals surface area contributed by atoms with Crippen LogP contribution in [0.3, 0.4) is 0 Å². The molecule has 2 aromatic rings. The van der Waals surface area contributed by atoms with Gasteiger partial charge in [-0.15, -0.1) is 0 Å². The predicted molar refractivity (Wildman–Crippen MR) is 109 cm³/mol. The molecule has 1 aliphatic rings. The minimum atomic E-state index is -0.151. The number of carbonyl (C=O) groups excluding carboxylic acids is 1. The zero-order valence-corrected chi connectivity index (χ0v) is 16.0. The molecule has 1 heterocycles. The third kappa shape index (κ3) is 5.06. The van der Waals surface area contributed by atoms with E-state index in [0.29, 0.717) is 17.2 Å². The maximum Gasteiger partial charge on any atom is 0.243 e. The second kappa shape index (κ2) is 9.16. The molecular weight excluding hydrogens is 342 g/mol. The molecule has 0 radical (unpaired) electrons. The Labute approximate surface area is 160 Å². The summed E-state index contributed by atoms with van der Waals surface area (Å²) in [6.07, 6.45) is 3.84. The van der Waals surface area contributed by atoms with Crippen molar-refractivity contribution in [1.82, 2.24) is 0 Å². The van der Waals surface area contributed by atoms with E-state index in [4.69, 9.17) is 9.47 Å². The van der Waals surface area contributed by atoms with Gasteiger partial charge in [-0.3, -0.25) is 4.79 Å². The van der Waals surface area contributed by atoms with E-state index in [1.807, 2.05) is 12.1 Å². The second-order valence-electron chi connectivity index (χ2n) is 6.56. The van der Waals surface area contributed by atoms with Gasteiger partial charge in [0, 0.05) is 30.5 Å². The van der Waals surface area contributed by atoms with Crippen molar-refractivity contribution in [3.05, 3.63) is 42.5 Å². The zero-order chi connectivity index (χ0) is 19.1. The van der Waals surface area contributed by atoms with Crippen LogP contribution in [0.2, 0.25) is 0 Å². The van der Waals surface area contributed by atoms with Crippen LogP contribution < -0.4 is 25.0 Å². The molecule has 1 saturated heterocycles. The fraction of sp³-hybridized carbons (Fsp3) is 0.381. The van der Waals surface area contributed by atoms with Gasteiger partial charge in [0.15, 0.2) is 0 Å². The number of piperidine rings is 1. The van der Waals surface area contributed by atoms with Gasteiger partial charge in [-0.25, -0.2) is 0 Å². The van der Waals surface area contributed by atoms with Crippen LogP contribution in [0.15, 0.2) is 42.5 Å². The third-order valence-corrected chi connectivity index (χ3v) is 4.72. The summed E-state index contributed by atoms with van der Waals surface area (Å²) in [5.74, 6) is 1.10. The molecule has 0 bridgehead atoms. The van der Waals surface area contributed by atoms with Gasteiger partial charge in [0.25, 0.3) is 0 Å². The first-order chi connectivity index (χ1) is 13.2. The molecule has 6 nitrogen and oxygen atoms in total. The van der Waals surface area contributed by atoms with E-state index in [1.54, 1.807) is 32.4 Å². The molecule has 2 N–H and O–H groups in total. The maximum atomic E-state index is 12.3. The number of nitrogens with one attached hydrogen (secondary N) is 2. The highest BCUT2D eigenvalue weighted by Crippen LogP contribution is 2.28. The molecule has 1 amide bonds. The predicted octanol–water partition coefficient (Wildman–Crippen LogP) is 3.74. The van der Waals surface area contributed by atoms with Crippen molar-refractivity contribution in [3.8, 4) is 11.5 Å². The molecule has 3 rings (SSSR count). The van der Waals surface area contributed by atoms with Gasteiger partial charge >= 0.3 is 0 Å². The minimum absolute atomic E-state index is 0.151. The lowest BCUT2D eigenvalue weighted by atomic mass is 10.1. The lowest BCUT2D eigenvalue weighted by molar-refractivity contribution is -0.114. The van der Waals surface area contributed by atoms with Crippen LogP contribution >= 0.6 is 0 Å². The average Bonchev–Trinajstić information content (AvgIpc) is 2.73. The lowest BCUT2D eigenvalue weighted by Gasteiger charge is -2.28. The molecule has 1 aliphatic heterocycles. The highest BCUT2D eigenvalue weighted by atomic mass is 16.5. The molecule has 0 spiro atoms. The van der Waals surface area contributed by atoms with Gasteiger partial charge in [0.1, 0.15) is 11.5 Å². The Morgan fingerprint density at radius 2 is 1.74 bits per heavy atom. The van der Waals surface area contributed by atoms with E-state index in [9.17, 15) is 4.79 Å². The van der Waals surface area contributed by atoms with Crippen LogP contribution in [0.4, 0.5) is 17.1 Å². The van der Waals surface area contributed by atoms with Crippen molar-refractivity contribution < 1.29 is 14.3 Å². The summed E-state index contributed by atoms with van der Waals surface area (Å²) in [5.41, 5.74) is 2.75. The molecule has 27 heavy (non-hydrogen) atoms. The number of ether oxygens (including phenoxy) is 2. The number of hydrogen-bond donors (Lipinski definition) is 2. The Morgan fingerprint density at radius 1 is 1.00 bits per heavy atom. The summed E-state index contributed by atoms with van der Waals surface area (Å²) in [4.78, 5) is 14.7. The fourth-order valence-corrected chi connectivity index (χ4v) is 3.23. The monoisotopic (exact) mass is 369 g/mol. The molecule has 6 heteroatoms. The van der Waals surface area contributed by atoms with Crippen LogP contribution in [0.1, 0.15) is 19.3 Å². The fourth-order valence-electron chi connectivity index (χ4n) is 3.23. The summed E-state index contributed by atoms with van der Waals surface area (Å²) in [6.45, 7) is 2.42. The molecule has 0 saturated carbocycles. The van der Waals surface area contributed by atoms with E-state index >= 15 is 0 Å². The molecule has 0 aliphatic carbocycles. The van der Waals surface area contributed by atoms with Gasteiger partial charge in [0.2, 0.25) is 5.91 Å². The SMILES string of the molecule is COc1ccc(OC)c(NC(=O)CNc2ccc(N3CCCCC3)cc2)c1. The number of nitrogens with zero attached hydrogens (tertiary/aromatic N) is 1. The van der Waals surface area contributed by atoms with Crippen molar-refractivity contribution in [1.29, 1.82) is 0 Å². The quantitative estimate of drug-likeness (QED) is 0.778. The lowest BCUT2D eigenvalue weighted by Crippen LogP contribution is -2.29. The van der Waals surface area contributed by atoms with Crippen LogP contribution in [-0.2, 0) is 4.79 Å². The van der Waals surface area contributed by atoms with Gasteiger partial charge in [-0.1, -0.05) is 0 Å².